The van der Waals surface area contributed by atoms with Gasteiger partial charge >= 0.3 is 29.6 Å². The Balaban J connectivity index is 0.00000200. The Morgan fingerprint density at radius 2 is 1.65 bits per heavy atom. The van der Waals surface area contributed by atoms with Gasteiger partial charge in [0.05, 0.1) is 0 Å². The van der Waals surface area contributed by atoms with Crippen LogP contribution in [0.25, 0.3) is 11.1 Å². The third kappa shape index (κ3) is 3.68. The van der Waals surface area contributed by atoms with Crippen molar-refractivity contribution in [2.75, 3.05) is 5.73 Å². The second-order valence-electron chi connectivity index (χ2n) is 4.02. The SMILES string of the molecule is Nc1c(CC(=O)[O-])cccc1-c1c(Cl)cccc1Cl.[Na+]. The molecular formula is C14H10Cl2NNaO2. The fourth-order valence-corrected chi connectivity index (χ4v) is 2.50. The van der Waals surface area contributed by atoms with Crippen molar-refractivity contribution < 1.29 is 39.5 Å². The van der Waals surface area contributed by atoms with Gasteiger partial charge in [0.1, 0.15) is 0 Å². The van der Waals surface area contributed by atoms with Crippen LogP contribution in [0.5, 0.6) is 0 Å². The predicted octanol–water partition coefficient (Wildman–Crippen LogP) is -0.461. The van der Waals surface area contributed by atoms with Gasteiger partial charge in [-0.15, -0.1) is 0 Å². The van der Waals surface area contributed by atoms with Gasteiger partial charge in [-0.1, -0.05) is 47.5 Å². The molecule has 0 amide bonds. The zero-order valence-electron chi connectivity index (χ0n) is 10.8. The van der Waals surface area contributed by atoms with E-state index in [4.69, 9.17) is 28.9 Å². The number of para-hydroxylation sites is 1. The van der Waals surface area contributed by atoms with E-state index in [1.54, 1.807) is 36.4 Å². The van der Waals surface area contributed by atoms with E-state index < -0.39 is 5.97 Å². The Morgan fingerprint density at radius 1 is 1.10 bits per heavy atom. The van der Waals surface area contributed by atoms with E-state index in [9.17, 15) is 9.90 Å². The van der Waals surface area contributed by atoms with Gasteiger partial charge in [-0.2, -0.15) is 0 Å². The molecule has 0 spiro atoms. The second-order valence-corrected chi connectivity index (χ2v) is 4.84. The molecule has 20 heavy (non-hydrogen) atoms. The first kappa shape index (κ1) is 17.3. The Hall–Kier alpha value is -0.710. The summed E-state index contributed by atoms with van der Waals surface area (Å²) < 4.78 is 0. The van der Waals surface area contributed by atoms with Crippen LogP contribution in [-0.4, -0.2) is 5.97 Å². The topological polar surface area (TPSA) is 66.2 Å². The normalized spacial score (nSPS) is 9.90. The van der Waals surface area contributed by atoms with Crippen LogP contribution in [0.15, 0.2) is 36.4 Å². The average Bonchev–Trinajstić information content (AvgIpc) is 2.33. The van der Waals surface area contributed by atoms with Crippen molar-refractivity contribution in [2.24, 2.45) is 0 Å². The Bertz CT molecular complexity index is 627. The van der Waals surface area contributed by atoms with Gasteiger partial charge in [0.25, 0.3) is 0 Å². The summed E-state index contributed by atoms with van der Waals surface area (Å²) in [4.78, 5) is 10.7. The number of carboxylic acid groups (broad SMARTS) is 1. The first-order valence-corrected chi connectivity index (χ1v) is 6.28. The van der Waals surface area contributed by atoms with Gasteiger partial charge in [-0.05, 0) is 17.7 Å². The standard InChI is InChI=1S/C14H11Cl2NO2.Na/c15-10-5-2-6-11(16)13(10)9-4-1-3-8(14(9)17)7-12(18)19;/h1-6H,7,17H2,(H,18,19);/q;+1/p-1. The number of carbonyl (C=O) groups is 1. The molecule has 0 aromatic heterocycles. The first-order valence-electron chi connectivity index (χ1n) is 5.52. The van der Waals surface area contributed by atoms with Crippen LogP contribution in [0.4, 0.5) is 5.69 Å². The molecular weight excluding hydrogens is 308 g/mol. The first-order chi connectivity index (χ1) is 9.00. The third-order valence-corrected chi connectivity index (χ3v) is 3.39. The molecule has 98 valence electrons. The number of hydrogen-bond acceptors (Lipinski definition) is 3. The van der Waals surface area contributed by atoms with Crippen LogP contribution in [0.1, 0.15) is 5.56 Å². The maximum Gasteiger partial charge on any atom is 1.00 e. The van der Waals surface area contributed by atoms with Crippen molar-refractivity contribution in [3.05, 3.63) is 52.0 Å². The van der Waals surface area contributed by atoms with Crippen LogP contribution in [-0.2, 0) is 11.2 Å². The molecule has 0 bridgehead atoms. The summed E-state index contributed by atoms with van der Waals surface area (Å²) in [6.07, 6.45) is -0.248. The number of carboxylic acids is 1. The Labute approximate surface area is 149 Å². The minimum Gasteiger partial charge on any atom is -0.550 e. The summed E-state index contributed by atoms with van der Waals surface area (Å²) >= 11 is 12.3. The minimum atomic E-state index is -1.19. The molecule has 0 saturated carbocycles. The molecule has 0 radical (unpaired) electrons. The van der Waals surface area contributed by atoms with Gasteiger partial charge in [-0.3, -0.25) is 0 Å². The zero-order chi connectivity index (χ0) is 14.0. The van der Waals surface area contributed by atoms with E-state index >= 15 is 0 Å². The molecule has 0 saturated heterocycles. The van der Waals surface area contributed by atoms with Crippen LogP contribution < -0.4 is 40.4 Å². The van der Waals surface area contributed by atoms with Crippen LogP contribution in [0.2, 0.25) is 10.0 Å². The van der Waals surface area contributed by atoms with E-state index in [1.807, 2.05) is 0 Å². The molecule has 2 N–H and O–H groups in total. The summed E-state index contributed by atoms with van der Waals surface area (Å²) in [5.41, 5.74) is 8.04. The summed E-state index contributed by atoms with van der Waals surface area (Å²) in [5.74, 6) is -1.19. The number of benzene rings is 2. The molecule has 2 aromatic carbocycles. The van der Waals surface area contributed by atoms with Gasteiger partial charge in [0.2, 0.25) is 0 Å². The number of rotatable bonds is 3. The van der Waals surface area contributed by atoms with Crippen LogP contribution >= 0.6 is 23.2 Å². The number of carbonyl (C=O) groups excluding carboxylic acids is 1. The Kier molecular flexibility index (Phi) is 6.37. The van der Waals surface area contributed by atoms with Crippen molar-refractivity contribution >= 4 is 34.9 Å². The largest absolute Gasteiger partial charge is 1.00 e. The van der Waals surface area contributed by atoms with E-state index in [0.717, 1.165) is 0 Å². The number of anilines is 1. The molecule has 2 rings (SSSR count). The summed E-state index contributed by atoms with van der Waals surface area (Å²) in [7, 11) is 0. The molecule has 0 aliphatic rings. The van der Waals surface area contributed by atoms with Gasteiger partial charge in [-0.25, -0.2) is 0 Å². The molecule has 0 aliphatic carbocycles. The Morgan fingerprint density at radius 3 is 2.20 bits per heavy atom. The van der Waals surface area contributed by atoms with Crippen molar-refractivity contribution in [3.63, 3.8) is 0 Å². The summed E-state index contributed by atoms with van der Waals surface area (Å²) in [5, 5.41) is 11.6. The van der Waals surface area contributed by atoms with Crippen LogP contribution in [0, 0.1) is 0 Å². The van der Waals surface area contributed by atoms with Crippen LogP contribution in [0.3, 0.4) is 0 Å². The maximum absolute atomic E-state index is 10.7. The van der Waals surface area contributed by atoms with E-state index in [0.29, 0.717) is 32.4 Å². The number of aliphatic carboxylic acids is 1. The fourth-order valence-electron chi connectivity index (χ4n) is 1.90. The number of nitrogens with two attached hydrogens (primary N) is 1. The molecule has 0 atom stereocenters. The molecule has 0 aliphatic heterocycles. The van der Waals surface area contributed by atoms with Crippen molar-refractivity contribution in [3.8, 4) is 11.1 Å². The molecule has 6 heteroatoms. The molecule has 0 unspecified atom stereocenters. The maximum atomic E-state index is 10.7. The quantitative estimate of drug-likeness (QED) is 0.615. The number of nitrogen functional groups attached to an aromatic ring is 1. The minimum absolute atomic E-state index is 0. The smallest absolute Gasteiger partial charge is 0.550 e. The van der Waals surface area contributed by atoms with Gasteiger partial charge in [0.15, 0.2) is 0 Å². The third-order valence-electron chi connectivity index (χ3n) is 2.76. The van der Waals surface area contributed by atoms with Crippen molar-refractivity contribution in [1.29, 1.82) is 0 Å². The van der Waals surface area contributed by atoms with Gasteiger partial charge in [0, 0.05) is 39.2 Å². The van der Waals surface area contributed by atoms with E-state index in [2.05, 4.69) is 0 Å². The number of hydrogen-bond donors (Lipinski definition) is 1. The predicted molar refractivity (Wildman–Crippen MR) is 75.0 cm³/mol. The van der Waals surface area contributed by atoms with Crippen molar-refractivity contribution in [2.45, 2.75) is 6.42 Å². The van der Waals surface area contributed by atoms with E-state index in [1.165, 1.54) is 0 Å². The molecule has 0 heterocycles. The number of halogens is 2. The van der Waals surface area contributed by atoms with Gasteiger partial charge < -0.3 is 15.6 Å². The zero-order valence-corrected chi connectivity index (χ0v) is 14.3. The van der Waals surface area contributed by atoms with E-state index in [-0.39, 0.29) is 36.0 Å². The average molecular weight is 318 g/mol. The van der Waals surface area contributed by atoms with Crippen molar-refractivity contribution in [1.82, 2.24) is 0 Å². The molecule has 3 nitrogen and oxygen atoms in total. The second kappa shape index (κ2) is 7.34. The fraction of sp³-hybridized carbons (Fsp3) is 0.0714. The molecule has 2 aromatic rings. The molecule has 0 fully saturated rings. The monoisotopic (exact) mass is 317 g/mol. The summed E-state index contributed by atoms with van der Waals surface area (Å²) in [6, 6.07) is 10.2. The summed E-state index contributed by atoms with van der Waals surface area (Å²) in [6.45, 7) is 0.